The van der Waals surface area contributed by atoms with Crippen molar-refractivity contribution < 1.29 is 13.5 Å². The lowest BCUT2D eigenvalue weighted by atomic mass is 9.78. The normalized spacial score (nSPS) is 17.2. The van der Waals surface area contributed by atoms with Gasteiger partial charge >= 0.3 is 0 Å². The van der Waals surface area contributed by atoms with E-state index in [2.05, 4.69) is 29.8 Å². The van der Waals surface area contributed by atoms with Crippen LogP contribution in [0.4, 0.5) is 19.7 Å². The van der Waals surface area contributed by atoms with Gasteiger partial charge in [0, 0.05) is 41.2 Å². The lowest BCUT2D eigenvalue weighted by molar-refractivity contribution is 0.134. The van der Waals surface area contributed by atoms with Gasteiger partial charge in [0.25, 0.3) is 0 Å². The van der Waals surface area contributed by atoms with Crippen molar-refractivity contribution in [2.24, 2.45) is 5.41 Å². The number of halogens is 2. The summed E-state index contributed by atoms with van der Waals surface area (Å²) >= 11 is 1.00. The quantitative estimate of drug-likeness (QED) is 0.328. The fourth-order valence-corrected chi connectivity index (χ4v) is 6.91. The zero-order valence-electron chi connectivity index (χ0n) is 23.0. The number of aromatic nitrogens is 2. The number of fused-ring (bicyclic) bond motifs is 3. The Morgan fingerprint density at radius 1 is 1.28 bits per heavy atom. The molecule has 0 bridgehead atoms. The molecule has 0 atom stereocenters. The van der Waals surface area contributed by atoms with Crippen LogP contribution in [0, 0.1) is 22.6 Å². The lowest BCUT2D eigenvalue weighted by Gasteiger charge is -2.48. The Balaban J connectivity index is 1.77. The lowest BCUT2D eigenvalue weighted by Crippen LogP contribution is -2.55. The van der Waals surface area contributed by atoms with Crippen molar-refractivity contribution in [2.45, 2.75) is 67.1 Å². The molecule has 0 radical (unpaired) electrons. The van der Waals surface area contributed by atoms with Gasteiger partial charge in [-0.2, -0.15) is 5.26 Å². The molecule has 2 N–H and O–H groups in total. The Hall–Kier alpha value is -3.35. The minimum Gasteiger partial charge on any atom is -0.389 e. The number of nitriles is 1. The number of ether oxygens (including phenoxy) is 1. The number of nitrogens with zero attached hydrogens (tertiary/aromatic N) is 4. The molecule has 2 aromatic heterocycles. The number of rotatable bonds is 7. The zero-order chi connectivity index (χ0) is 28.1. The fourth-order valence-electron chi connectivity index (χ4n) is 5.92. The Morgan fingerprint density at radius 2 is 2.00 bits per heavy atom. The first kappa shape index (κ1) is 27.2. The fraction of sp³-hybridized carbons (Fsp3) is 0.433. The molecule has 1 aromatic carbocycles. The summed E-state index contributed by atoms with van der Waals surface area (Å²) in [5, 5.41) is 10.8. The third-order valence-corrected chi connectivity index (χ3v) is 8.97. The van der Waals surface area contributed by atoms with Crippen LogP contribution in [-0.4, -0.2) is 23.1 Å². The number of nitrogens with two attached hydrogens (primary N) is 1. The molecule has 0 aliphatic carbocycles. The van der Waals surface area contributed by atoms with Crippen LogP contribution in [0.15, 0.2) is 17.8 Å². The average molecular weight is 550 g/mol. The summed E-state index contributed by atoms with van der Waals surface area (Å²) in [6.45, 7) is 12.0. The molecule has 1 saturated heterocycles. The Kier molecular flexibility index (Phi) is 7.21. The van der Waals surface area contributed by atoms with E-state index in [4.69, 9.17) is 15.5 Å². The number of hydrogen-bond donors (Lipinski definition) is 1. The Bertz CT molecular complexity index is 1580. The molecule has 5 rings (SSSR count). The highest BCUT2D eigenvalue weighted by Gasteiger charge is 2.39. The third-order valence-electron chi connectivity index (χ3n) is 7.94. The number of hydrogen-bond acceptors (Lipinski definition) is 7. The van der Waals surface area contributed by atoms with Gasteiger partial charge in [0.15, 0.2) is 5.82 Å². The maximum atomic E-state index is 16.8. The minimum absolute atomic E-state index is 0.154. The molecule has 9 heteroatoms. The van der Waals surface area contributed by atoms with Crippen LogP contribution in [0.2, 0.25) is 0 Å². The van der Waals surface area contributed by atoms with E-state index in [1.807, 2.05) is 13.8 Å². The number of nitrogen functional groups attached to an aromatic ring is 1. The summed E-state index contributed by atoms with van der Waals surface area (Å²) in [7, 11) is 0. The second-order valence-corrected chi connectivity index (χ2v) is 11.8. The highest BCUT2D eigenvalue weighted by atomic mass is 32.1. The van der Waals surface area contributed by atoms with Gasteiger partial charge in [-0.1, -0.05) is 38.8 Å². The van der Waals surface area contributed by atoms with Crippen molar-refractivity contribution in [2.75, 3.05) is 23.7 Å². The van der Waals surface area contributed by atoms with Gasteiger partial charge in [0.05, 0.1) is 23.7 Å². The van der Waals surface area contributed by atoms with E-state index in [1.54, 1.807) is 13.1 Å². The number of allylic oxidation sites excluding steroid dienone is 2. The molecular weight excluding hydrogens is 516 g/mol. The highest BCUT2D eigenvalue weighted by Crippen LogP contribution is 2.47. The molecule has 2 aliphatic heterocycles. The van der Waals surface area contributed by atoms with Crippen LogP contribution < -0.4 is 10.6 Å². The van der Waals surface area contributed by atoms with Gasteiger partial charge in [-0.15, -0.1) is 11.3 Å². The van der Waals surface area contributed by atoms with E-state index in [0.29, 0.717) is 46.6 Å². The summed E-state index contributed by atoms with van der Waals surface area (Å²) in [5.41, 5.74) is 10.2. The third kappa shape index (κ3) is 4.40. The van der Waals surface area contributed by atoms with E-state index < -0.39 is 11.6 Å². The van der Waals surface area contributed by atoms with Crippen molar-refractivity contribution in [1.82, 2.24) is 9.97 Å². The molecule has 204 valence electrons. The van der Waals surface area contributed by atoms with Crippen LogP contribution in [0.1, 0.15) is 86.6 Å². The van der Waals surface area contributed by atoms with Crippen molar-refractivity contribution in [3.63, 3.8) is 0 Å². The first-order chi connectivity index (χ1) is 18.7. The summed E-state index contributed by atoms with van der Waals surface area (Å²) < 4.78 is 37.8. The molecule has 3 aromatic rings. The number of benzene rings is 1. The van der Waals surface area contributed by atoms with Crippen molar-refractivity contribution in [3.05, 3.63) is 56.4 Å². The van der Waals surface area contributed by atoms with E-state index in [-0.39, 0.29) is 33.0 Å². The maximum Gasteiger partial charge on any atom is 0.226 e. The molecule has 6 nitrogen and oxygen atoms in total. The number of thiophene rings is 1. The van der Waals surface area contributed by atoms with Crippen LogP contribution >= 0.6 is 11.3 Å². The molecule has 2 aliphatic rings. The predicted octanol–water partition coefficient (Wildman–Crippen LogP) is 7.50. The molecule has 0 unspecified atom stereocenters. The van der Waals surface area contributed by atoms with Gasteiger partial charge in [-0.25, -0.2) is 18.7 Å². The molecule has 4 heterocycles. The van der Waals surface area contributed by atoms with Gasteiger partial charge in [-0.3, -0.25) is 0 Å². The zero-order valence-corrected chi connectivity index (χ0v) is 23.9. The SMILES string of the molecule is C/C=C(/F)c1sc(N)c(C#N)c1/C(=C(\C)CC)c1c2c(c3cnc(N4CC(C)(CCC)C4)nc3c1F)COC2. The van der Waals surface area contributed by atoms with Crippen LogP contribution in [0.25, 0.3) is 22.3 Å². The van der Waals surface area contributed by atoms with E-state index in [1.165, 1.54) is 6.08 Å². The monoisotopic (exact) mass is 549 g/mol. The van der Waals surface area contributed by atoms with Crippen molar-refractivity contribution >= 4 is 44.6 Å². The first-order valence-corrected chi connectivity index (χ1v) is 14.2. The molecule has 39 heavy (non-hydrogen) atoms. The smallest absolute Gasteiger partial charge is 0.226 e. The maximum absolute atomic E-state index is 16.8. The summed E-state index contributed by atoms with van der Waals surface area (Å²) in [4.78, 5) is 11.6. The standard InChI is InChI=1S/C30H33F2N5OS/c1-6-9-30(5)14-37(15-30)29-35-11-18-19-12-38-13-20(19)23(25(32)26(18)36-29)22(16(4)7-2)24-17(10-33)28(34)39-27(24)21(31)8-3/h8,11H,6-7,9,12-15,34H2,1-5H3/b21-8+,22-16+. The van der Waals surface area contributed by atoms with E-state index in [9.17, 15) is 5.26 Å². The van der Waals surface area contributed by atoms with Crippen molar-refractivity contribution in [1.29, 1.82) is 5.26 Å². The van der Waals surface area contributed by atoms with Crippen molar-refractivity contribution in [3.8, 4) is 6.07 Å². The summed E-state index contributed by atoms with van der Waals surface area (Å²) in [6, 6.07) is 2.15. The summed E-state index contributed by atoms with van der Waals surface area (Å²) in [5.74, 6) is -0.523. The largest absolute Gasteiger partial charge is 0.389 e. The van der Waals surface area contributed by atoms with Crippen LogP contribution in [-0.2, 0) is 18.0 Å². The number of anilines is 2. The molecule has 0 amide bonds. The molecule has 0 spiro atoms. The predicted molar refractivity (Wildman–Crippen MR) is 153 cm³/mol. The highest BCUT2D eigenvalue weighted by molar-refractivity contribution is 7.17. The topological polar surface area (TPSA) is 88.1 Å². The van der Waals surface area contributed by atoms with E-state index >= 15 is 8.78 Å². The van der Waals surface area contributed by atoms with Crippen LogP contribution in [0.5, 0.6) is 0 Å². The van der Waals surface area contributed by atoms with E-state index in [0.717, 1.165) is 48.4 Å². The van der Waals surface area contributed by atoms with Crippen LogP contribution in [0.3, 0.4) is 0 Å². The molecule has 1 fully saturated rings. The summed E-state index contributed by atoms with van der Waals surface area (Å²) in [6.07, 6.45) is 5.81. The van der Waals surface area contributed by atoms with Gasteiger partial charge in [0.1, 0.15) is 22.4 Å². The Morgan fingerprint density at radius 3 is 2.64 bits per heavy atom. The Labute approximate surface area is 231 Å². The minimum atomic E-state index is -0.516. The molecular formula is C30H33F2N5OS. The molecule has 0 saturated carbocycles. The van der Waals surface area contributed by atoms with Gasteiger partial charge in [0.2, 0.25) is 5.95 Å². The van der Waals surface area contributed by atoms with Gasteiger partial charge < -0.3 is 15.4 Å². The first-order valence-electron chi connectivity index (χ1n) is 13.4. The second-order valence-electron chi connectivity index (χ2n) is 10.8. The van der Waals surface area contributed by atoms with Gasteiger partial charge in [-0.05, 0) is 43.4 Å². The average Bonchev–Trinajstić information content (AvgIpc) is 3.53. The second kappa shape index (κ2) is 10.3.